The number of rotatable bonds is 7. The van der Waals surface area contributed by atoms with Gasteiger partial charge in [-0.3, -0.25) is 4.79 Å². The van der Waals surface area contributed by atoms with E-state index in [0.29, 0.717) is 18.0 Å². The maximum atomic E-state index is 12.6. The van der Waals surface area contributed by atoms with Gasteiger partial charge in [0.05, 0.1) is 11.3 Å². The third kappa shape index (κ3) is 4.80. The largest absolute Gasteiger partial charge is 0.353 e. The standard InChI is InChI=1S/C18H28N2O3S/c1-3-16(4-2)19-18(21)14-15-8-10-17(11-9-15)24(22,23)20-12-6-5-7-13-20/h8-11,16H,3-7,12-14H2,1-2H3,(H,19,21). The van der Waals surface area contributed by atoms with Gasteiger partial charge in [-0.25, -0.2) is 8.42 Å². The molecule has 6 heteroatoms. The Morgan fingerprint density at radius 3 is 2.21 bits per heavy atom. The number of nitrogens with one attached hydrogen (secondary N) is 1. The molecule has 0 unspecified atom stereocenters. The Balaban J connectivity index is 2.01. The van der Waals surface area contributed by atoms with E-state index in [1.807, 2.05) is 0 Å². The highest BCUT2D eigenvalue weighted by molar-refractivity contribution is 7.89. The SMILES string of the molecule is CCC(CC)NC(=O)Cc1ccc(S(=O)(=O)N2CCCCC2)cc1. The number of nitrogens with zero attached hydrogens (tertiary/aromatic N) is 1. The number of sulfonamides is 1. The lowest BCUT2D eigenvalue weighted by Gasteiger charge is -2.25. The van der Waals surface area contributed by atoms with E-state index in [0.717, 1.165) is 37.7 Å². The lowest BCUT2D eigenvalue weighted by molar-refractivity contribution is -0.121. The van der Waals surface area contributed by atoms with E-state index in [9.17, 15) is 13.2 Å². The topological polar surface area (TPSA) is 66.5 Å². The second-order valence-corrected chi connectivity index (χ2v) is 8.30. The summed E-state index contributed by atoms with van der Waals surface area (Å²) in [5, 5.41) is 3.00. The number of piperidine rings is 1. The zero-order chi connectivity index (χ0) is 17.6. The predicted molar refractivity (Wildman–Crippen MR) is 95.3 cm³/mol. The van der Waals surface area contributed by atoms with Crippen LogP contribution in [0, 0.1) is 0 Å². The van der Waals surface area contributed by atoms with Crippen molar-refractivity contribution in [3.8, 4) is 0 Å². The van der Waals surface area contributed by atoms with Crippen molar-refractivity contribution in [3.63, 3.8) is 0 Å². The third-order valence-corrected chi connectivity index (χ3v) is 6.50. The molecule has 1 heterocycles. The van der Waals surface area contributed by atoms with Crippen LogP contribution in [-0.4, -0.2) is 37.8 Å². The average molecular weight is 353 g/mol. The first-order valence-electron chi connectivity index (χ1n) is 8.85. The summed E-state index contributed by atoms with van der Waals surface area (Å²) in [5.74, 6) is -0.0182. The normalized spacial score (nSPS) is 16.3. The number of carbonyl (C=O) groups excluding carboxylic acids is 1. The zero-order valence-electron chi connectivity index (χ0n) is 14.6. The molecule has 0 aromatic heterocycles. The molecule has 2 rings (SSSR count). The maximum Gasteiger partial charge on any atom is 0.243 e. The van der Waals surface area contributed by atoms with Crippen LogP contribution in [-0.2, 0) is 21.2 Å². The predicted octanol–water partition coefficient (Wildman–Crippen LogP) is 2.71. The fraction of sp³-hybridized carbons (Fsp3) is 0.611. The Labute approximate surface area is 145 Å². The van der Waals surface area contributed by atoms with Gasteiger partial charge in [0.1, 0.15) is 0 Å². The highest BCUT2D eigenvalue weighted by Crippen LogP contribution is 2.21. The third-order valence-electron chi connectivity index (χ3n) is 4.59. The van der Waals surface area contributed by atoms with E-state index >= 15 is 0 Å². The molecule has 24 heavy (non-hydrogen) atoms. The van der Waals surface area contributed by atoms with Gasteiger partial charge in [0.2, 0.25) is 15.9 Å². The van der Waals surface area contributed by atoms with Crippen molar-refractivity contribution in [1.82, 2.24) is 9.62 Å². The highest BCUT2D eigenvalue weighted by Gasteiger charge is 2.25. The van der Waals surface area contributed by atoms with Crippen molar-refractivity contribution in [3.05, 3.63) is 29.8 Å². The first-order chi connectivity index (χ1) is 11.5. The fourth-order valence-corrected chi connectivity index (χ4v) is 4.51. The molecule has 1 amide bonds. The van der Waals surface area contributed by atoms with Crippen LogP contribution in [0.25, 0.3) is 0 Å². The zero-order valence-corrected chi connectivity index (χ0v) is 15.4. The van der Waals surface area contributed by atoms with Crippen molar-refractivity contribution in [2.24, 2.45) is 0 Å². The molecule has 0 saturated carbocycles. The maximum absolute atomic E-state index is 12.6. The van der Waals surface area contributed by atoms with Gasteiger partial charge in [0, 0.05) is 19.1 Å². The molecule has 0 bridgehead atoms. The quantitative estimate of drug-likeness (QED) is 0.820. The monoisotopic (exact) mass is 352 g/mol. The number of hydrogen-bond donors (Lipinski definition) is 1. The summed E-state index contributed by atoms with van der Waals surface area (Å²) in [6.07, 6.45) is 5.04. The summed E-state index contributed by atoms with van der Waals surface area (Å²) >= 11 is 0. The van der Waals surface area contributed by atoms with Gasteiger partial charge < -0.3 is 5.32 Å². The van der Waals surface area contributed by atoms with Gasteiger partial charge in [0.15, 0.2) is 0 Å². The Hall–Kier alpha value is -1.40. The second kappa shape index (κ2) is 8.62. The number of hydrogen-bond acceptors (Lipinski definition) is 3. The van der Waals surface area contributed by atoms with Crippen LogP contribution < -0.4 is 5.32 Å². The van der Waals surface area contributed by atoms with Gasteiger partial charge >= 0.3 is 0 Å². The molecule has 0 atom stereocenters. The molecular weight excluding hydrogens is 324 g/mol. The second-order valence-electron chi connectivity index (χ2n) is 6.37. The van der Waals surface area contributed by atoms with Gasteiger partial charge in [-0.05, 0) is 43.4 Å². The molecular formula is C18H28N2O3S. The number of carbonyl (C=O) groups is 1. The van der Waals surface area contributed by atoms with Crippen molar-refractivity contribution in [2.45, 2.75) is 63.3 Å². The summed E-state index contributed by atoms with van der Waals surface area (Å²) in [6, 6.07) is 6.91. The van der Waals surface area contributed by atoms with Crippen LogP contribution in [0.15, 0.2) is 29.2 Å². The summed E-state index contributed by atoms with van der Waals surface area (Å²) in [4.78, 5) is 12.3. The van der Waals surface area contributed by atoms with Crippen molar-refractivity contribution in [2.75, 3.05) is 13.1 Å². The van der Waals surface area contributed by atoms with E-state index < -0.39 is 10.0 Å². The van der Waals surface area contributed by atoms with E-state index in [-0.39, 0.29) is 18.4 Å². The summed E-state index contributed by atoms with van der Waals surface area (Å²) in [5.41, 5.74) is 0.830. The minimum absolute atomic E-state index is 0.0182. The molecule has 1 fully saturated rings. The number of amides is 1. The Kier molecular flexibility index (Phi) is 6.80. The molecule has 1 aliphatic heterocycles. The summed E-state index contributed by atoms with van der Waals surface area (Å²) < 4.78 is 26.7. The van der Waals surface area contributed by atoms with Gasteiger partial charge in [-0.2, -0.15) is 4.31 Å². The summed E-state index contributed by atoms with van der Waals surface area (Å²) in [7, 11) is -3.40. The van der Waals surface area contributed by atoms with Crippen LogP contribution in [0.1, 0.15) is 51.5 Å². The Bertz CT molecular complexity index is 631. The van der Waals surface area contributed by atoms with Crippen LogP contribution in [0.3, 0.4) is 0 Å². The van der Waals surface area contributed by atoms with Crippen LogP contribution >= 0.6 is 0 Å². The van der Waals surface area contributed by atoms with E-state index in [1.165, 1.54) is 0 Å². The average Bonchev–Trinajstić information content (AvgIpc) is 2.61. The van der Waals surface area contributed by atoms with E-state index in [4.69, 9.17) is 0 Å². The molecule has 5 nitrogen and oxygen atoms in total. The number of benzene rings is 1. The van der Waals surface area contributed by atoms with Crippen LogP contribution in [0.5, 0.6) is 0 Å². The van der Waals surface area contributed by atoms with E-state index in [2.05, 4.69) is 19.2 Å². The van der Waals surface area contributed by atoms with Gasteiger partial charge in [-0.15, -0.1) is 0 Å². The molecule has 1 aromatic carbocycles. The van der Waals surface area contributed by atoms with Crippen molar-refractivity contribution in [1.29, 1.82) is 0 Å². The molecule has 1 aromatic rings. The lowest BCUT2D eigenvalue weighted by atomic mass is 10.1. The van der Waals surface area contributed by atoms with Crippen molar-refractivity contribution < 1.29 is 13.2 Å². The lowest BCUT2D eigenvalue weighted by Crippen LogP contribution is -2.35. The molecule has 134 valence electrons. The smallest absolute Gasteiger partial charge is 0.243 e. The fourth-order valence-electron chi connectivity index (χ4n) is 2.99. The molecule has 0 spiro atoms. The Morgan fingerprint density at radius 2 is 1.67 bits per heavy atom. The first-order valence-corrected chi connectivity index (χ1v) is 10.3. The van der Waals surface area contributed by atoms with E-state index in [1.54, 1.807) is 28.6 Å². The van der Waals surface area contributed by atoms with Crippen LogP contribution in [0.4, 0.5) is 0 Å². The highest BCUT2D eigenvalue weighted by atomic mass is 32.2. The van der Waals surface area contributed by atoms with Gasteiger partial charge in [0.25, 0.3) is 0 Å². The van der Waals surface area contributed by atoms with Gasteiger partial charge in [-0.1, -0.05) is 32.4 Å². The Morgan fingerprint density at radius 1 is 1.08 bits per heavy atom. The molecule has 1 N–H and O–H groups in total. The molecule has 0 aliphatic carbocycles. The van der Waals surface area contributed by atoms with Crippen LogP contribution in [0.2, 0.25) is 0 Å². The molecule has 1 saturated heterocycles. The van der Waals surface area contributed by atoms with Crippen molar-refractivity contribution >= 4 is 15.9 Å². The summed E-state index contributed by atoms with van der Waals surface area (Å²) in [6.45, 7) is 5.30. The minimum Gasteiger partial charge on any atom is -0.353 e. The minimum atomic E-state index is -3.40. The first kappa shape index (κ1) is 18.9. The molecule has 1 aliphatic rings. The molecule has 0 radical (unpaired) electrons.